The molecule has 0 aliphatic carbocycles. The topological polar surface area (TPSA) is 49.3 Å². The standard InChI is InChI=1S/C12H13Cl2NO2/c13-8-5-4-7(6-9(8)14)10-2-1-3-11(15-10)12(16)17/h4-6,10-11,15H,1-3H2,(H,16,17). The van der Waals surface area contributed by atoms with Gasteiger partial charge < -0.3 is 5.11 Å². The Morgan fingerprint density at radius 2 is 2.06 bits per heavy atom. The predicted octanol–water partition coefficient (Wildman–Crippen LogP) is 3.26. The van der Waals surface area contributed by atoms with E-state index in [9.17, 15) is 4.79 Å². The van der Waals surface area contributed by atoms with Gasteiger partial charge >= 0.3 is 5.97 Å². The van der Waals surface area contributed by atoms with E-state index in [0.717, 1.165) is 18.4 Å². The van der Waals surface area contributed by atoms with Crippen LogP contribution in [0, 0.1) is 0 Å². The fourth-order valence-electron chi connectivity index (χ4n) is 2.12. The molecule has 2 N–H and O–H groups in total. The number of hydrogen-bond acceptors (Lipinski definition) is 2. The molecule has 0 amide bonds. The minimum absolute atomic E-state index is 0.0413. The van der Waals surface area contributed by atoms with E-state index in [0.29, 0.717) is 16.5 Å². The maximum atomic E-state index is 10.9. The highest BCUT2D eigenvalue weighted by atomic mass is 35.5. The maximum absolute atomic E-state index is 10.9. The zero-order chi connectivity index (χ0) is 12.4. The van der Waals surface area contributed by atoms with Gasteiger partial charge in [-0.1, -0.05) is 29.3 Å². The van der Waals surface area contributed by atoms with Crippen molar-refractivity contribution < 1.29 is 9.90 Å². The van der Waals surface area contributed by atoms with Gasteiger partial charge in [0.1, 0.15) is 6.04 Å². The lowest BCUT2D eigenvalue weighted by molar-refractivity contribution is -0.140. The summed E-state index contributed by atoms with van der Waals surface area (Å²) in [6, 6.07) is 5.00. The average Bonchev–Trinajstić information content (AvgIpc) is 2.33. The summed E-state index contributed by atoms with van der Waals surface area (Å²) >= 11 is 11.8. The Morgan fingerprint density at radius 3 is 2.71 bits per heavy atom. The zero-order valence-corrected chi connectivity index (χ0v) is 10.6. The molecule has 1 saturated heterocycles. The molecule has 1 aromatic carbocycles. The number of benzene rings is 1. The third-order valence-corrected chi connectivity index (χ3v) is 3.77. The van der Waals surface area contributed by atoms with Gasteiger partial charge in [0.15, 0.2) is 0 Å². The smallest absolute Gasteiger partial charge is 0.320 e. The monoisotopic (exact) mass is 273 g/mol. The van der Waals surface area contributed by atoms with E-state index in [-0.39, 0.29) is 6.04 Å². The van der Waals surface area contributed by atoms with Crippen LogP contribution in [0.3, 0.4) is 0 Å². The average molecular weight is 274 g/mol. The molecule has 2 atom stereocenters. The Bertz CT molecular complexity index is 437. The van der Waals surface area contributed by atoms with E-state index in [4.69, 9.17) is 28.3 Å². The first kappa shape index (κ1) is 12.7. The van der Waals surface area contributed by atoms with E-state index in [1.807, 2.05) is 6.07 Å². The van der Waals surface area contributed by atoms with Crippen molar-refractivity contribution in [3.8, 4) is 0 Å². The van der Waals surface area contributed by atoms with Gasteiger partial charge in [0.2, 0.25) is 0 Å². The molecule has 0 spiro atoms. The van der Waals surface area contributed by atoms with Crippen LogP contribution in [0.15, 0.2) is 18.2 Å². The molecule has 0 saturated carbocycles. The van der Waals surface area contributed by atoms with Crippen LogP contribution >= 0.6 is 23.2 Å². The number of halogens is 2. The SMILES string of the molecule is O=C(O)C1CCCC(c2ccc(Cl)c(Cl)c2)N1. The molecule has 0 aromatic heterocycles. The summed E-state index contributed by atoms with van der Waals surface area (Å²) < 4.78 is 0. The van der Waals surface area contributed by atoms with E-state index in [2.05, 4.69) is 5.32 Å². The number of carboxylic acid groups (broad SMARTS) is 1. The van der Waals surface area contributed by atoms with Crippen molar-refractivity contribution in [1.29, 1.82) is 0 Å². The van der Waals surface area contributed by atoms with Gasteiger partial charge in [0, 0.05) is 6.04 Å². The van der Waals surface area contributed by atoms with Crippen LogP contribution in [-0.2, 0) is 4.79 Å². The predicted molar refractivity (Wildman–Crippen MR) is 67.6 cm³/mol. The lowest BCUT2D eigenvalue weighted by Crippen LogP contribution is -2.42. The Labute approximate surface area is 110 Å². The van der Waals surface area contributed by atoms with Gasteiger partial charge in [0.05, 0.1) is 10.0 Å². The Morgan fingerprint density at radius 1 is 1.29 bits per heavy atom. The van der Waals surface area contributed by atoms with Gasteiger partial charge in [0.25, 0.3) is 0 Å². The summed E-state index contributed by atoms with van der Waals surface area (Å²) in [5.41, 5.74) is 0.991. The quantitative estimate of drug-likeness (QED) is 0.870. The van der Waals surface area contributed by atoms with Gasteiger partial charge in [-0.25, -0.2) is 0 Å². The highest BCUT2D eigenvalue weighted by molar-refractivity contribution is 6.42. The number of carboxylic acids is 1. The summed E-state index contributed by atoms with van der Waals surface area (Å²) in [6.45, 7) is 0. The second-order valence-corrected chi connectivity index (χ2v) is 5.03. The molecule has 17 heavy (non-hydrogen) atoms. The van der Waals surface area contributed by atoms with Crippen LogP contribution in [0.1, 0.15) is 30.9 Å². The van der Waals surface area contributed by atoms with Gasteiger partial charge in [-0.2, -0.15) is 0 Å². The number of rotatable bonds is 2. The highest BCUT2D eigenvalue weighted by Crippen LogP contribution is 2.30. The van der Waals surface area contributed by atoms with Gasteiger partial charge in [-0.3, -0.25) is 10.1 Å². The first-order valence-electron chi connectivity index (χ1n) is 5.51. The van der Waals surface area contributed by atoms with Crippen molar-refractivity contribution in [2.45, 2.75) is 31.3 Å². The number of piperidine rings is 1. The van der Waals surface area contributed by atoms with Crippen LogP contribution in [-0.4, -0.2) is 17.1 Å². The summed E-state index contributed by atoms with van der Waals surface area (Å²) in [4.78, 5) is 10.9. The van der Waals surface area contributed by atoms with E-state index in [1.165, 1.54) is 0 Å². The van der Waals surface area contributed by atoms with E-state index in [1.54, 1.807) is 12.1 Å². The third-order valence-electron chi connectivity index (χ3n) is 3.03. The Balaban J connectivity index is 2.16. The first-order valence-corrected chi connectivity index (χ1v) is 6.27. The first-order chi connectivity index (χ1) is 8.08. The molecule has 1 heterocycles. The van der Waals surface area contributed by atoms with Crippen LogP contribution in [0.25, 0.3) is 0 Å². The Hall–Kier alpha value is -0.770. The number of carbonyl (C=O) groups is 1. The van der Waals surface area contributed by atoms with Crippen LogP contribution < -0.4 is 5.32 Å². The van der Waals surface area contributed by atoms with Gasteiger partial charge in [-0.15, -0.1) is 0 Å². The molecule has 1 aromatic rings. The zero-order valence-electron chi connectivity index (χ0n) is 9.12. The fourth-order valence-corrected chi connectivity index (χ4v) is 2.43. The van der Waals surface area contributed by atoms with Crippen molar-refractivity contribution in [1.82, 2.24) is 5.32 Å². The number of nitrogens with one attached hydrogen (secondary N) is 1. The number of hydrogen-bond donors (Lipinski definition) is 2. The Kier molecular flexibility index (Phi) is 3.92. The van der Waals surface area contributed by atoms with Crippen molar-refractivity contribution in [2.24, 2.45) is 0 Å². The molecule has 92 valence electrons. The molecule has 1 aliphatic rings. The second kappa shape index (κ2) is 5.25. The minimum Gasteiger partial charge on any atom is -0.480 e. The molecule has 3 nitrogen and oxygen atoms in total. The highest BCUT2D eigenvalue weighted by Gasteiger charge is 2.26. The molecule has 1 aliphatic heterocycles. The van der Waals surface area contributed by atoms with Crippen molar-refractivity contribution in [3.63, 3.8) is 0 Å². The summed E-state index contributed by atoms with van der Waals surface area (Å²) in [6.07, 6.45) is 2.49. The molecule has 1 fully saturated rings. The lowest BCUT2D eigenvalue weighted by Gasteiger charge is -2.29. The molecule has 2 unspecified atom stereocenters. The summed E-state index contributed by atoms with van der Waals surface area (Å²) in [5.74, 6) is -0.797. The molecular formula is C12H13Cl2NO2. The number of aliphatic carboxylic acids is 1. The second-order valence-electron chi connectivity index (χ2n) is 4.21. The summed E-state index contributed by atoms with van der Waals surface area (Å²) in [5, 5.41) is 13.1. The molecule has 5 heteroatoms. The summed E-state index contributed by atoms with van der Waals surface area (Å²) in [7, 11) is 0. The van der Waals surface area contributed by atoms with Crippen LogP contribution in [0.5, 0.6) is 0 Å². The maximum Gasteiger partial charge on any atom is 0.320 e. The fraction of sp³-hybridized carbons (Fsp3) is 0.417. The largest absolute Gasteiger partial charge is 0.480 e. The van der Waals surface area contributed by atoms with E-state index < -0.39 is 12.0 Å². The molecule has 0 bridgehead atoms. The lowest BCUT2D eigenvalue weighted by atomic mass is 9.93. The van der Waals surface area contributed by atoms with Crippen LogP contribution in [0.2, 0.25) is 10.0 Å². The molecular weight excluding hydrogens is 261 g/mol. The van der Waals surface area contributed by atoms with E-state index >= 15 is 0 Å². The minimum atomic E-state index is -0.797. The van der Waals surface area contributed by atoms with Gasteiger partial charge in [-0.05, 0) is 37.0 Å². The van der Waals surface area contributed by atoms with Crippen molar-refractivity contribution >= 4 is 29.2 Å². The molecule has 0 radical (unpaired) electrons. The van der Waals surface area contributed by atoms with Crippen LogP contribution in [0.4, 0.5) is 0 Å². The van der Waals surface area contributed by atoms with Crippen molar-refractivity contribution in [2.75, 3.05) is 0 Å². The third kappa shape index (κ3) is 2.92. The van der Waals surface area contributed by atoms with Crippen molar-refractivity contribution in [3.05, 3.63) is 33.8 Å². The normalized spacial score (nSPS) is 24.6. The molecule has 2 rings (SSSR count).